The van der Waals surface area contributed by atoms with Crippen LogP contribution in [0.5, 0.6) is 11.5 Å². The van der Waals surface area contributed by atoms with Crippen LogP contribution in [0.15, 0.2) is 18.2 Å². The Hall–Kier alpha value is -2.61. The maximum Gasteiger partial charge on any atom is 0.311 e. The first kappa shape index (κ1) is 18.7. The van der Waals surface area contributed by atoms with Gasteiger partial charge in [0, 0.05) is 37.9 Å². The Morgan fingerprint density at radius 2 is 1.96 bits per heavy atom. The van der Waals surface area contributed by atoms with Gasteiger partial charge in [0.25, 0.3) is 0 Å². The molecule has 150 valence electrons. The van der Waals surface area contributed by atoms with Crippen LogP contribution in [0.4, 0.5) is 0 Å². The molecule has 2 fully saturated rings. The molecule has 4 rings (SSSR count). The summed E-state index contributed by atoms with van der Waals surface area (Å²) in [4.78, 5) is 37.8. The molecular formula is C20H24N2O6. The first-order chi connectivity index (χ1) is 13.6. The normalized spacial score (nSPS) is 26.2. The van der Waals surface area contributed by atoms with Gasteiger partial charge in [0.05, 0.1) is 12.5 Å². The molecule has 1 aromatic carbocycles. The van der Waals surface area contributed by atoms with E-state index in [-0.39, 0.29) is 49.4 Å². The molecule has 1 N–H and O–H groups in total. The minimum atomic E-state index is -0.395. The summed E-state index contributed by atoms with van der Waals surface area (Å²) < 4.78 is 16.2. The predicted octanol–water partition coefficient (Wildman–Crippen LogP) is 1.19. The minimum Gasteiger partial charge on any atom is -0.466 e. The Morgan fingerprint density at radius 1 is 1.21 bits per heavy atom. The van der Waals surface area contributed by atoms with E-state index >= 15 is 0 Å². The Bertz CT molecular complexity index is 779. The number of likely N-dealkylation sites (tertiary alicyclic amines) is 1. The number of ether oxygens (including phenoxy) is 3. The predicted molar refractivity (Wildman–Crippen MR) is 97.8 cm³/mol. The molecule has 2 saturated heterocycles. The third-order valence-electron chi connectivity index (χ3n) is 5.67. The number of rotatable bonds is 6. The largest absolute Gasteiger partial charge is 0.466 e. The summed E-state index contributed by atoms with van der Waals surface area (Å²) in [5.74, 6) is 0.365. The second-order valence-corrected chi connectivity index (χ2v) is 7.24. The van der Waals surface area contributed by atoms with Gasteiger partial charge in [0.2, 0.25) is 18.6 Å². The Morgan fingerprint density at radius 3 is 2.71 bits per heavy atom. The second-order valence-electron chi connectivity index (χ2n) is 7.24. The lowest BCUT2D eigenvalue weighted by Gasteiger charge is -2.24. The van der Waals surface area contributed by atoms with Crippen molar-refractivity contribution in [2.75, 3.05) is 26.5 Å². The lowest BCUT2D eigenvalue weighted by atomic mass is 9.84. The molecule has 1 aromatic rings. The number of benzene rings is 1. The molecule has 8 heteroatoms. The summed E-state index contributed by atoms with van der Waals surface area (Å²) in [6, 6.07) is 5.55. The van der Waals surface area contributed by atoms with Crippen LogP contribution < -0.4 is 14.8 Å². The molecule has 0 radical (unpaired) electrons. The first-order valence-electron chi connectivity index (χ1n) is 9.71. The lowest BCUT2D eigenvalue weighted by Crippen LogP contribution is -2.39. The highest BCUT2D eigenvalue weighted by Crippen LogP contribution is 2.40. The van der Waals surface area contributed by atoms with Gasteiger partial charge in [-0.3, -0.25) is 19.3 Å². The van der Waals surface area contributed by atoms with E-state index < -0.39 is 5.92 Å². The lowest BCUT2D eigenvalue weighted by molar-refractivity contribution is -0.148. The number of amides is 2. The van der Waals surface area contributed by atoms with Crippen molar-refractivity contribution in [2.45, 2.75) is 38.1 Å². The van der Waals surface area contributed by atoms with E-state index in [4.69, 9.17) is 14.2 Å². The molecule has 3 aliphatic heterocycles. The summed E-state index contributed by atoms with van der Waals surface area (Å²) in [5.41, 5.74) is 0.977. The number of fused-ring (bicyclic) bond motifs is 1. The van der Waals surface area contributed by atoms with Crippen LogP contribution in [0.1, 0.15) is 37.7 Å². The Balaban J connectivity index is 1.51. The summed E-state index contributed by atoms with van der Waals surface area (Å²) >= 11 is 0. The monoisotopic (exact) mass is 388 g/mol. The quantitative estimate of drug-likeness (QED) is 0.578. The van der Waals surface area contributed by atoms with Crippen LogP contribution in [-0.2, 0) is 19.1 Å². The van der Waals surface area contributed by atoms with E-state index in [2.05, 4.69) is 5.32 Å². The van der Waals surface area contributed by atoms with E-state index in [1.807, 2.05) is 18.2 Å². The molecular weight excluding hydrogens is 364 g/mol. The van der Waals surface area contributed by atoms with Crippen LogP contribution >= 0.6 is 0 Å². The van der Waals surface area contributed by atoms with Gasteiger partial charge in [-0.25, -0.2) is 0 Å². The summed E-state index contributed by atoms with van der Waals surface area (Å²) in [7, 11) is 0. The summed E-state index contributed by atoms with van der Waals surface area (Å²) in [5, 5.41) is 3.39. The number of nitrogens with one attached hydrogen (secondary N) is 1. The molecule has 0 saturated carbocycles. The van der Waals surface area contributed by atoms with Crippen molar-refractivity contribution in [3.05, 3.63) is 23.8 Å². The highest BCUT2D eigenvalue weighted by Gasteiger charge is 2.43. The average Bonchev–Trinajstić information content (AvgIpc) is 3.39. The maximum absolute atomic E-state index is 12.7. The van der Waals surface area contributed by atoms with Crippen molar-refractivity contribution in [2.24, 2.45) is 5.92 Å². The van der Waals surface area contributed by atoms with Crippen LogP contribution in [-0.4, -0.2) is 55.2 Å². The smallest absolute Gasteiger partial charge is 0.311 e. The highest BCUT2D eigenvalue weighted by atomic mass is 16.7. The Kier molecular flexibility index (Phi) is 5.21. The number of carbonyl (C=O) groups is 3. The number of nitrogens with zero attached hydrogens (tertiary/aromatic N) is 1. The molecule has 28 heavy (non-hydrogen) atoms. The third kappa shape index (κ3) is 3.44. The van der Waals surface area contributed by atoms with E-state index in [0.29, 0.717) is 37.6 Å². The third-order valence-corrected chi connectivity index (χ3v) is 5.67. The molecule has 0 aliphatic carbocycles. The van der Waals surface area contributed by atoms with Crippen LogP contribution in [0.25, 0.3) is 0 Å². The fraction of sp³-hybridized carbons (Fsp3) is 0.550. The number of carbonyl (C=O) groups excluding carboxylic acids is 3. The molecule has 3 atom stereocenters. The highest BCUT2D eigenvalue weighted by molar-refractivity contribution is 6.01. The zero-order chi connectivity index (χ0) is 19.7. The van der Waals surface area contributed by atoms with Crippen molar-refractivity contribution < 1.29 is 28.6 Å². The van der Waals surface area contributed by atoms with E-state index in [1.165, 1.54) is 4.90 Å². The van der Waals surface area contributed by atoms with E-state index in [1.54, 1.807) is 6.92 Å². The average molecular weight is 388 g/mol. The van der Waals surface area contributed by atoms with Gasteiger partial charge in [-0.1, -0.05) is 6.07 Å². The van der Waals surface area contributed by atoms with Crippen molar-refractivity contribution in [1.82, 2.24) is 10.2 Å². The van der Waals surface area contributed by atoms with Crippen molar-refractivity contribution in [3.8, 4) is 11.5 Å². The van der Waals surface area contributed by atoms with Gasteiger partial charge in [-0.05, 0) is 31.0 Å². The van der Waals surface area contributed by atoms with E-state index in [0.717, 1.165) is 5.56 Å². The van der Waals surface area contributed by atoms with Crippen molar-refractivity contribution in [3.63, 3.8) is 0 Å². The number of imide groups is 1. The molecule has 8 nitrogen and oxygen atoms in total. The molecule has 2 amide bonds. The number of hydrogen-bond donors (Lipinski definition) is 1. The van der Waals surface area contributed by atoms with Crippen LogP contribution in [0.3, 0.4) is 0 Å². The fourth-order valence-corrected chi connectivity index (χ4v) is 4.27. The van der Waals surface area contributed by atoms with Crippen LogP contribution in [0.2, 0.25) is 0 Å². The molecule has 3 aliphatic rings. The van der Waals surface area contributed by atoms with Gasteiger partial charge in [0.15, 0.2) is 11.5 Å². The number of hydrogen-bond acceptors (Lipinski definition) is 7. The maximum atomic E-state index is 12.7. The number of esters is 1. The molecule has 0 bridgehead atoms. The minimum absolute atomic E-state index is 0.0801. The summed E-state index contributed by atoms with van der Waals surface area (Å²) in [6.07, 6.45) is 1.07. The Labute approximate surface area is 163 Å². The van der Waals surface area contributed by atoms with Gasteiger partial charge >= 0.3 is 5.97 Å². The standard InChI is InChI=1S/C20H24N2O6/c1-2-26-20(25)19-13(12-3-4-15-16(9-12)28-11-27-15)10-21-14(19)7-8-22-17(23)5-6-18(22)24/h3-4,9,13-14,19,21H,2,5-8,10-11H2,1H3/t13-,14+,19-/m1/s1. The van der Waals surface area contributed by atoms with Gasteiger partial charge in [-0.2, -0.15) is 0 Å². The zero-order valence-electron chi connectivity index (χ0n) is 15.8. The molecule has 0 aromatic heterocycles. The molecule has 0 unspecified atom stereocenters. The second kappa shape index (κ2) is 7.79. The molecule has 3 heterocycles. The first-order valence-corrected chi connectivity index (χ1v) is 9.71. The molecule has 0 spiro atoms. The van der Waals surface area contributed by atoms with Crippen LogP contribution in [0, 0.1) is 5.92 Å². The SMILES string of the molecule is CCOC(=O)[C@H]1[C@H](CCN2C(=O)CCC2=O)NC[C@@H]1c1ccc2c(c1)OCO2. The topological polar surface area (TPSA) is 94.2 Å². The van der Waals surface area contributed by atoms with Crippen molar-refractivity contribution in [1.29, 1.82) is 0 Å². The zero-order valence-corrected chi connectivity index (χ0v) is 15.8. The van der Waals surface area contributed by atoms with E-state index in [9.17, 15) is 14.4 Å². The van der Waals surface area contributed by atoms with Gasteiger partial charge < -0.3 is 19.5 Å². The summed E-state index contributed by atoms with van der Waals surface area (Å²) in [6.45, 7) is 3.21. The van der Waals surface area contributed by atoms with Crippen molar-refractivity contribution >= 4 is 17.8 Å². The van der Waals surface area contributed by atoms with Gasteiger partial charge in [-0.15, -0.1) is 0 Å². The fourth-order valence-electron chi connectivity index (χ4n) is 4.27. The van der Waals surface area contributed by atoms with Gasteiger partial charge in [0.1, 0.15) is 0 Å².